The van der Waals surface area contributed by atoms with Crippen molar-refractivity contribution in [2.75, 3.05) is 13.7 Å². The van der Waals surface area contributed by atoms with Crippen molar-refractivity contribution in [3.63, 3.8) is 0 Å². The lowest BCUT2D eigenvalue weighted by Gasteiger charge is -2.00. The Morgan fingerprint density at radius 2 is 2.16 bits per heavy atom. The monoisotopic (exact) mass is 340 g/mol. The second-order valence-electron chi connectivity index (χ2n) is 4.08. The average molecular weight is 341 g/mol. The molecule has 0 radical (unpaired) electrons. The van der Waals surface area contributed by atoms with Gasteiger partial charge in [-0.1, -0.05) is 41.1 Å². The molecule has 5 heteroatoms. The quantitative estimate of drug-likeness (QED) is 0.867. The number of hydrogen-bond donors (Lipinski definition) is 1. The molecule has 0 amide bonds. The molecule has 1 heterocycles. The highest BCUT2D eigenvalue weighted by Gasteiger charge is 2.13. The van der Waals surface area contributed by atoms with Crippen LogP contribution >= 0.6 is 27.3 Å². The van der Waals surface area contributed by atoms with Crippen LogP contribution in [0.3, 0.4) is 0 Å². The van der Waals surface area contributed by atoms with E-state index >= 15 is 0 Å². The van der Waals surface area contributed by atoms with Gasteiger partial charge in [0.25, 0.3) is 0 Å². The van der Waals surface area contributed by atoms with E-state index in [9.17, 15) is 0 Å². The van der Waals surface area contributed by atoms with Crippen molar-refractivity contribution in [1.29, 1.82) is 0 Å². The number of thiazole rings is 1. The van der Waals surface area contributed by atoms with Crippen molar-refractivity contribution in [3.8, 4) is 10.6 Å². The predicted molar refractivity (Wildman–Crippen MR) is 83.3 cm³/mol. The molecular weight excluding hydrogens is 324 g/mol. The fourth-order valence-electron chi connectivity index (χ4n) is 1.76. The normalized spacial score (nSPS) is 10.9. The summed E-state index contributed by atoms with van der Waals surface area (Å²) in [6, 6.07) is 8.16. The summed E-state index contributed by atoms with van der Waals surface area (Å²) in [5, 5.41) is 4.38. The molecule has 0 saturated carbocycles. The number of nitrogens with one attached hydrogen (secondary N) is 1. The molecule has 0 aliphatic rings. The Kier molecular flexibility index (Phi) is 5.51. The number of ether oxygens (including phenoxy) is 1. The van der Waals surface area contributed by atoms with Gasteiger partial charge in [-0.15, -0.1) is 11.3 Å². The van der Waals surface area contributed by atoms with E-state index in [4.69, 9.17) is 9.72 Å². The minimum Gasteiger partial charge on any atom is -0.378 e. The fourth-order valence-corrected chi connectivity index (χ4v) is 3.44. The number of methoxy groups -OCH3 is 1. The molecule has 1 aromatic heterocycles. The largest absolute Gasteiger partial charge is 0.378 e. The maximum Gasteiger partial charge on any atom is 0.125 e. The Hall–Kier alpha value is -0.750. The lowest BCUT2D eigenvalue weighted by molar-refractivity contribution is 0.181. The Balaban J connectivity index is 2.34. The molecule has 0 fully saturated rings. The zero-order valence-electron chi connectivity index (χ0n) is 11.1. The SMILES string of the molecule is CCNCc1sc(-c2ccccc2Br)nc1COC. The lowest BCUT2D eigenvalue weighted by atomic mass is 10.2. The molecule has 19 heavy (non-hydrogen) atoms. The number of halogens is 1. The second kappa shape index (κ2) is 7.14. The maximum atomic E-state index is 5.23. The topological polar surface area (TPSA) is 34.2 Å². The van der Waals surface area contributed by atoms with E-state index in [1.165, 1.54) is 4.88 Å². The van der Waals surface area contributed by atoms with Crippen molar-refractivity contribution in [3.05, 3.63) is 39.3 Å². The first-order valence-corrected chi connectivity index (χ1v) is 7.80. The van der Waals surface area contributed by atoms with Crippen molar-refractivity contribution in [2.24, 2.45) is 0 Å². The second-order valence-corrected chi connectivity index (χ2v) is 6.02. The van der Waals surface area contributed by atoms with E-state index in [1.807, 2.05) is 18.2 Å². The van der Waals surface area contributed by atoms with Crippen LogP contribution in [-0.4, -0.2) is 18.6 Å². The van der Waals surface area contributed by atoms with E-state index in [0.717, 1.165) is 33.8 Å². The standard InChI is InChI=1S/C14H17BrN2OS/c1-3-16-8-13-12(9-18-2)17-14(19-13)10-6-4-5-7-11(10)15/h4-7,16H,3,8-9H2,1-2H3. The molecule has 102 valence electrons. The van der Waals surface area contributed by atoms with Crippen LogP contribution in [0.4, 0.5) is 0 Å². The van der Waals surface area contributed by atoms with Crippen molar-refractivity contribution in [2.45, 2.75) is 20.1 Å². The van der Waals surface area contributed by atoms with Gasteiger partial charge in [0.1, 0.15) is 5.01 Å². The van der Waals surface area contributed by atoms with Crippen LogP contribution < -0.4 is 5.32 Å². The van der Waals surface area contributed by atoms with Gasteiger partial charge < -0.3 is 10.1 Å². The molecule has 0 bridgehead atoms. The molecule has 0 atom stereocenters. The van der Waals surface area contributed by atoms with Gasteiger partial charge in [-0.2, -0.15) is 0 Å². The minimum atomic E-state index is 0.557. The smallest absolute Gasteiger partial charge is 0.125 e. The van der Waals surface area contributed by atoms with Gasteiger partial charge in [-0.25, -0.2) is 4.98 Å². The summed E-state index contributed by atoms with van der Waals surface area (Å²) in [6.45, 7) is 4.46. The summed E-state index contributed by atoms with van der Waals surface area (Å²) >= 11 is 5.30. The van der Waals surface area contributed by atoms with Gasteiger partial charge in [0.2, 0.25) is 0 Å². The number of hydrogen-bond acceptors (Lipinski definition) is 4. The summed E-state index contributed by atoms with van der Waals surface area (Å²) in [5.74, 6) is 0. The van der Waals surface area contributed by atoms with Crippen molar-refractivity contribution in [1.82, 2.24) is 10.3 Å². The third-order valence-electron chi connectivity index (χ3n) is 2.70. The molecule has 2 rings (SSSR count). The van der Waals surface area contributed by atoms with Crippen LogP contribution in [0.1, 0.15) is 17.5 Å². The van der Waals surface area contributed by atoms with Gasteiger partial charge >= 0.3 is 0 Å². The number of benzene rings is 1. The highest BCUT2D eigenvalue weighted by Crippen LogP contribution is 2.33. The number of nitrogens with zero attached hydrogens (tertiary/aromatic N) is 1. The van der Waals surface area contributed by atoms with Crippen LogP contribution in [0.2, 0.25) is 0 Å². The van der Waals surface area contributed by atoms with Crippen molar-refractivity contribution < 1.29 is 4.74 Å². The zero-order valence-corrected chi connectivity index (χ0v) is 13.5. The van der Waals surface area contributed by atoms with E-state index in [1.54, 1.807) is 18.4 Å². The molecule has 0 spiro atoms. The van der Waals surface area contributed by atoms with Crippen LogP contribution in [0.25, 0.3) is 10.6 Å². The first-order chi connectivity index (χ1) is 9.26. The average Bonchev–Trinajstić information content (AvgIpc) is 2.80. The molecule has 0 aliphatic carbocycles. The zero-order chi connectivity index (χ0) is 13.7. The molecule has 0 aliphatic heterocycles. The first-order valence-electron chi connectivity index (χ1n) is 6.19. The van der Waals surface area contributed by atoms with Gasteiger partial charge in [-0.3, -0.25) is 0 Å². The van der Waals surface area contributed by atoms with Crippen molar-refractivity contribution >= 4 is 27.3 Å². The Bertz CT molecular complexity index is 542. The summed E-state index contributed by atoms with van der Waals surface area (Å²) in [7, 11) is 1.70. The Morgan fingerprint density at radius 3 is 2.84 bits per heavy atom. The van der Waals surface area contributed by atoms with Gasteiger partial charge in [0.05, 0.1) is 12.3 Å². The van der Waals surface area contributed by atoms with Crippen LogP contribution in [0.15, 0.2) is 28.7 Å². The summed E-state index contributed by atoms with van der Waals surface area (Å²) < 4.78 is 6.30. The molecule has 3 nitrogen and oxygen atoms in total. The fraction of sp³-hybridized carbons (Fsp3) is 0.357. The van der Waals surface area contributed by atoms with E-state index < -0.39 is 0 Å². The molecule has 0 saturated heterocycles. The molecule has 2 aromatic rings. The van der Waals surface area contributed by atoms with E-state index in [2.05, 4.69) is 34.2 Å². The van der Waals surface area contributed by atoms with Gasteiger partial charge in [-0.05, 0) is 12.6 Å². The minimum absolute atomic E-state index is 0.557. The first kappa shape index (κ1) is 14.7. The van der Waals surface area contributed by atoms with Gasteiger partial charge in [0.15, 0.2) is 0 Å². The Morgan fingerprint density at radius 1 is 1.37 bits per heavy atom. The van der Waals surface area contributed by atoms with Crippen LogP contribution in [-0.2, 0) is 17.9 Å². The molecular formula is C14H17BrN2OS. The molecule has 1 aromatic carbocycles. The maximum absolute atomic E-state index is 5.23. The Labute approximate surface area is 126 Å². The van der Waals surface area contributed by atoms with E-state index in [-0.39, 0.29) is 0 Å². The number of rotatable bonds is 6. The summed E-state index contributed by atoms with van der Waals surface area (Å²) in [4.78, 5) is 5.95. The molecule has 1 N–H and O–H groups in total. The summed E-state index contributed by atoms with van der Waals surface area (Å²) in [5.41, 5.74) is 2.16. The van der Waals surface area contributed by atoms with Crippen LogP contribution in [0, 0.1) is 0 Å². The highest BCUT2D eigenvalue weighted by molar-refractivity contribution is 9.10. The predicted octanol–water partition coefficient (Wildman–Crippen LogP) is 3.83. The number of aromatic nitrogens is 1. The lowest BCUT2D eigenvalue weighted by Crippen LogP contribution is -2.12. The third-order valence-corrected chi connectivity index (χ3v) is 4.52. The summed E-state index contributed by atoms with van der Waals surface area (Å²) in [6.07, 6.45) is 0. The van der Waals surface area contributed by atoms with Crippen LogP contribution in [0.5, 0.6) is 0 Å². The van der Waals surface area contributed by atoms with E-state index in [0.29, 0.717) is 6.61 Å². The third kappa shape index (κ3) is 3.63. The van der Waals surface area contributed by atoms with Gasteiger partial charge in [0, 0.05) is 28.6 Å². The highest BCUT2D eigenvalue weighted by atomic mass is 79.9. The molecule has 0 unspecified atom stereocenters.